The van der Waals surface area contributed by atoms with E-state index in [1.807, 2.05) is 6.21 Å². The zero-order valence-electron chi connectivity index (χ0n) is 9.53. The molecule has 0 N–H and O–H groups in total. The molecule has 80 valence electrons. The number of hydrogen-bond donors (Lipinski definition) is 0. The van der Waals surface area contributed by atoms with Crippen LogP contribution in [0.3, 0.4) is 0 Å². The van der Waals surface area contributed by atoms with Crippen LogP contribution in [0.4, 0.5) is 0 Å². The predicted octanol–water partition coefficient (Wildman–Crippen LogP) is 3.43. The monoisotopic (exact) mass is 203 g/mol. The Kier molecular flexibility index (Phi) is 2.51. The number of oxime groups is 1. The molecule has 0 amide bonds. The van der Waals surface area contributed by atoms with Gasteiger partial charge in [-0.1, -0.05) is 43.3 Å². The van der Waals surface area contributed by atoms with Crippen LogP contribution in [0, 0.1) is 0 Å². The summed E-state index contributed by atoms with van der Waals surface area (Å²) in [6, 6.07) is 8.63. The predicted molar refractivity (Wildman–Crippen MR) is 62.1 cm³/mol. The molecule has 0 radical (unpaired) electrons. The molecule has 0 aromatic heterocycles. The lowest BCUT2D eigenvalue weighted by Gasteiger charge is -2.22. The molecule has 1 aromatic carbocycles. The summed E-state index contributed by atoms with van der Waals surface area (Å²) in [4.78, 5) is 5.40. The van der Waals surface area contributed by atoms with Crippen molar-refractivity contribution in [3.8, 4) is 0 Å². The fraction of sp³-hybridized carbons (Fsp3) is 0.462. The Morgan fingerprint density at radius 2 is 1.93 bits per heavy atom. The first-order chi connectivity index (χ1) is 7.12. The molecule has 1 aliphatic rings. The van der Waals surface area contributed by atoms with E-state index in [0.29, 0.717) is 5.92 Å². The molecular formula is C13H17NO. The average molecular weight is 203 g/mol. The molecule has 2 heteroatoms. The molecule has 2 rings (SSSR count). The van der Waals surface area contributed by atoms with E-state index >= 15 is 0 Å². The lowest BCUT2D eigenvalue weighted by molar-refractivity contribution is -0.00739. The third-order valence-electron chi connectivity index (χ3n) is 3.00. The second-order valence-corrected chi connectivity index (χ2v) is 4.59. The number of hydrogen-bond acceptors (Lipinski definition) is 2. The molecule has 1 heterocycles. The van der Waals surface area contributed by atoms with Gasteiger partial charge < -0.3 is 4.84 Å². The van der Waals surface area contributed by atoms with Gasteiger partial charge in [-0.15, -0.1) is 0 Å². The van der Waals surface area contributed by atoms with Gasteiger partial charge in [0.05, 0.1) is 0 Å². The molecule has 1 aliphatic heterocycles. The Bertz CT molecular complexity index is 357. The smallest absolute Gasteiger partial charge is 0.164 e. The minimum atomic E-state index is -0.254. The van der Waals surface area contributed by atoms with Gasteiger partial charge in [0.2, 0.25) is 0 Å². The van der Waals surface area contributed by atoms with Gasteiger partial charge >= 0.3 is 0 Å². The van der Waals surface area contributed by atoms with Crippen molar-refractivity contribution in [2.75, 3.05) is 0 Å². The molecule has 15 heavy (non-hydrogen) atoms. The molecule has 0 aliphatic carbocycles. The van der Waals surface area contributed by atoms with Crippen LogP contribution >= 0.6 is 0 Å². The number of rotatable bonds is 2. The second-order valence-electron chi connectivity index (χ2n) is 4.59. The highest BCUT2D eigenvalue weighted by Crippen LogP contribution is 2.32. The summed E-state index contributed by atoms with van der Waals surface area (Å²) in [5.41, 5.74) is 2.31. The highest BCUT2D eigenvalue weighted by atomic mass is 16.7. The topological polar surface area (TPSA) is 21.6 Å². The van der Waals surface area contributed by atoms with Gasteiger partial charge in [0.1, 0.15) is 0 Å². The normalized spacial score (nSPS) is 24.5. The molecule has 0 bridgehead atoms. The molecule has 1 aromatic rings. The van der Waals surface area contributed by atoms with Gasteiger partial charge in [-0.2, -0.15) is 0 Å². The maximum absolute atomic E-state index is 5.40. The van der Waals surface area contributed by atoms with Crippen molar-refractivity contribution in [3.63, 3.8) is 0 Å². The Balaban J connectivity index is 2.23. The summed E-state index contributed by atoms with van der Waals surface area (Å²) in [7, 11) is 0. The minimum absolute atomic E-state index is 0.254. The molecular weight excluding hydrogens is 186 g/mol. The number of nitrogens with zero attached hydrogens (tertiary/aromatic N) is 1. The minimum Gasteiger partial charge on any atom is -0.385 e. The van der Waals surface area contributed by atoms with Gasteiger partial charge in [0, 0.05) is 12.6 Å². The maximum Gasteiger partial charge on any atom is 0.164 e. The molecule has 0 spiro atoms. The Hall–Kier alpha value is -1.31. The van der Waals surface area contributed by atoms with Crippen molar-refractivity contribution in [2.45, 2.75) is 38.7 Å². The lowest BCUT2D eigenvalue weighted by atomic mass is 9.91. The zero-order valence-corrected chi connectivity index (χ0v) is 9.53. The Morgan fingerprint density at radius 1 is 1.27 bits per heavy atom. The van der Waals surface area contributed by atoms with E-state index in [1.54, 1.807) is 0 Å². The van der Waals surface area contributed by atoms with Crippen molar-refractivity contribution in [1.82, 2.24) is 0 Å². The van der Waals surface area contributed by atoms with E-state index in [0.717, 1.165) is 6.42 Å². The van der Waals surface area contributed by atoms with Gasteiger partial charge in [-0.25, -0.2) is 0 Å². The van der Waals surface area contributed by atoms with Crippen LogP contribution in [0.25, 0.3) is 0 Å². The van der Waals surface area contributed by atoms with Crippen molar-refractivity contribution in [3.05, 3.63) is 35.4 Å². The molecule has 0 fully saturated rings. The lowest BCUT2D eigenvalue weighted by Crippen LogP contribution is -2.20. The van der Waals surface area contributed by atoms with Crippen molar-refractivity contribution >= 4 is 6.21 Å². The van der Waals surface area contributed by atoms with Crippen LogP contribution in [0.5, 0.6) is 0 Å². The summed E-state index contributed by atoms with van der Waals surface area (Å²) in [6.07, 6.45) is 2.68. The highest BCUT2D eigenvalue weighted by molar-refractivity contribution is 5.60. The van der Waals surface area contributed by atoms with Crippen LogP contribution in [-0.4, -0.2) is 6.21 Å². The van der Waals surface area contributed by atoms with Crippen LogP contribution in [0.1, 0.15) is 44.2 Å². The standard InChI is InChI=1S/C13H17NO/c1-10(2)11-4-6-12(7-5-11)13(3)8-9-14-15-13/h4-7,9-10H,8H2,1-3H3. The van der Waals surface area contributed by atoms with Gasteiger partial charge in [0.25, 0.3) is 0 Å². The largest absolute Gasteiger partial charge is 0.385 e. The van der Waals surface area contributed by atoms with Crippen LogP contribution in [0.15, 0.2) is 29.4 Å². The quantitative estimate of drug-likeness (QED) is 0.721. The average Bonchev–Trinajstić information content (AvgIpc) is 2.67. The Labute approximate surface area is 90.9 Å². The fourth-order valence-corrected chi connectivity index (χ4v) is 1.79. The molecule has 1 atom stereocenters. The first-order valence-electron chi connectivity index (χ1n) is 5.42. The summed E-state index contributed by atoms with van der Waals surface area (Å²) < 4.78 is 0. The maximum atomic E-state index is 5.40. The van der Waals surface area contributed by atoms with E-state index in [4.69, 9.17) is 4.84 Å². The zero-order chi connectivity index (χ0) is 10.9. The molecule has 2 nitrogen and oxygen atoms in total. The van der Waals surface area contributed by atoms with Crippen molar-refractivity contribution in [2.24, 2.45) is 5.16 Å². The molecule has 0 saturated heterocycles. The summed E-state index contributed by atoms with van der Waals surface area (Å²) in [6.45, 7) is 6.47. The van der Waals surface area contributed by atoms with Gasteiger partial charge in [0.15, 0.2) is 5.60 Å². The third kappa shape index (κ3) is 1.89. The van der Waals surface area contributed by atoms with Gasteiger partial charge in [-0.3, -0.25) is 0 Å². The van der Waals surface area contributed by atoms with Crippen molar-refractivity contribution < 1.29 is 4.84 Å². The first kappa shape index (κ1) is 10.2. The Morgan fingerprint density at radius 3 is 2.40 bits per heavy atom. The first-order valence-corrected chi connectivity index (χ1v) is 5.42. The SMILES string of the molecule is CC(C)c1ccc(C2(C)CC=NO2)cc1. The van der Waals surface area contributed by atoms with E-state index in [9.17, 15) is 0 Å². The van der Waals surface area contributed by atoms with E-state index in [2.05, 4.69) is 50.2 Å². The third-order valence-corrected chi connectivity index (χ3v) is 3.00. The van der Waals surface area contributed by atoms with Crippen LogP contribution in [0.2, 0.25) is 0 Å². The van der Waals surface area contributed by atoms with Crippen LogP contribution < -0.4 is 0 Å². The summed E-state index contributed by atoms with van der Waals surface area (Å²) in [5, 5.41) is 3.85. The van der Waals surface area contributed by atoms with E-state index in [-0.39, 0.29) is 5.60 Å². The van der Waals surface area contributed by atoms with Gasteiger partial charge in [-0.05, 0) is 24.0 Å². The van der Waals surface area contributed by atoms with E-state index < -0.39 is 0 Å². The van der Waals surface area contributed by atoms with E-state index in [1.165, 1.54) is 11.1 Å². The fourth-order valence-electron chi connectivity index (χ4n) is 1.79. The molecule has 1 unspecified atom stereocenters. The number of benzene rings is 1. The summed E-state index contributed by atoms with van der Waals surface area (Å²) >= 11 is 0. The van der Waals surface area contributed by atoms with Crippen molar-refractivity contribution in [1.29, 1.82) is 0 Å². The second kappa shape index (κ2) is 3.69. The molecule has 0 saturated carbocycles. The highest BCUT2D eigenvalue weighted by Gasteiger charge is 2.31. The summed E-state index contributed by atoms with van der Waals surface area (Å²) in [5.74, 6) is 0.576. The van der Waals surface area contributed by atoms with Crippen LogP contribution in [-0.2, 0) is 10.4 Å².